The monoisotopic (exact) mass is 303 g/mol. The average molecular weight is 304 g/mol. The van der Waals surface area contributed by atoms with Crippen LogP contribution in [0.1, 0.15) is 64.7 Å². The van der Waals surface area contributed by atoms with E-state index in [1.807, 2.05) is 0 Å². The van der Waals surface area contributed by atoms with Crippen LogP contribution in [0.5, 0.6) is 0 Å². The van der Waals surface area contributed by atoms with Crippen LogP contribution in [0.3, 0.4) is 0 Å². The van der Waals surface area contributed by atoms with Crippen LogP contribution in [-0.2, 0) is 4.79 Å². The Kier molecular flexibility index (Phi) is 7.91. The molecule has 1 saturated carbocycles. The molecule has 1 rings (SSSR count). The topological polar surface area (TPSA) is 29.1 Å². The smallest absolute Gasteiger partial charge is 0.220 e. The SMILES string of the molecule is CC(CCCBr)NC(=O)CC1CCCCCC1. The summed E-state index contributed by atoms with van der Waals surface area (Å²) in [6.07, 6.45) is 10.8. The number of hydrogen-bond acceptors (Lipinski definition) is 1. The fourth-order valence-corrected chi connectivity index (χ4v) is 2.94. The fraction of sp³-hybridized carbons (Fsp3) is 0.929. The van der Waals surface area contributed by atoms with Gasteiger partial charge in [0.25, 0.3) is 0 Å². The van der Waals surface area contributed by atoms with Crippen molar-refractivity contribution in [3.8, 4) is 0 Å². The lowest BCUT2D eigenvalue weighted by Crippen LogP contribution is -2.33. The van der Waals surface area contributed by atoms with Crippen molar-refractivity contribution in [3.63, 3.8) is 0 Å². The standard InChI is InChI=1S/C14H26BrNO/c1-12(7-6-10-15)16-14(17)11-13-8-4-2-3-5-9-13/h12-13H,2-11H2,1H3,(H,16,17). The maximum Gasteiger partial charge on any atom is 0.220 e. The molecule has 1 fully saturated rings. The van der Waals surface area contributed by atoms with E-state index in [1.54, 1.807) is 0 Å². The zero-order valence-corrected chi connectivity index (χ0v) is 12.6. The minimum Gasteiger partial charge on any atom is -0.354 e. The highest BCUT2D eigenvalue weighted by molar-refractivity contribution is 9.09. The second-order valence-electron chi connectivity index (χ2n) is 5.36. The van der Waals surface area contributed by atoms with Crippen molar-refractivity contribution < 1.29 is 4.79 Å². The third-order valence-corrected chi connectivity index (χ3v) is 4.19. The van der Waals surface area contributed by atoms with Crippen molar-refractivity contribution in [1.29, 1.82) is 0 Å². The maximum absolute atomic E-state index is 11.9. The molecule has 0 spiro atoms. The van der Waals surface area contributed by atoms with E-state index in [2.05, 4.69) is 28.2 Å². The van der Waals surface area contributed by atoms with E-state index in [-0.39, 0.29) is 5.91 Å². The molecule has 17 heavy (non-hydrogen) atoms. The Bertz CT molecular complexity index is 212. The second kappa shape index (κ2) is 8.96. The van der Waals surface area contributed by atoms with Crippen molar-refractivity contribution in [2.75, 3.05) is 5.33 Å². The molecule has 0 saturated heterocycles. The van der Waals surface area contributed by atoms with E-state index in [4.69, 9.17) is 0 Å². The highest BCUT2D eigenvalue weighted by Gasteiger charge is 2.16. The Morgan fingerprint density at radius 3 is 2.53 bits per heavy atom. The number of rotatable bonds is 6. The summed E-state index contributed by atoms with van der Waals surface area (Å²) in [5, 5.41) is 4.15. The molecule has 1 aliphatic carbocycles. The predicted molar refractivity (Wildman–Crippen MR) is 76.4 cm³/mol. The van der Waals surface area contributed by atoms with Gasteiger partial charge >= 0.3 is 0 Å². The summed E-state index contributed by atoms with van der Waals surface area (Å²) in [6, 6.07) is 0.325. The van der Waals surface area contributed by atoms with E-state index in [0.717, 1.165) is 24.6 Å². The maximum atomic E-state index is 11.9. The van der Waals surface area contributed by atoms with Crippen LogP contribution in [-0.4, -0.2) is 17.3 Å². The number of alkyl halides is 1. The molecule has 1 atom stereocenters. The molecular weight excluding hydrogens is 278 g/mol. The molecule has 0 aromatic rings. The lowest BCUT2D eigenvalue weighted by Gasteiger charge is -2.17. The highest BCUT2D eigenvalue weighted by Crippen LogP contribution is 2.25. The van der Waals surface area contributed by atoms with Crippen LogP contribution in [0.2, 0.25) is 0 Å². The number of halogens is 1. The van der Waals surface area contributed by atoms with Gasteiger partial charge in [-0.15, -0.1) is 0 Å². The first-order chi connectivity index (χ1) is 8.22. The van der Waals surface area contributed by atoms with Crippen LogP contribution in [0.25, 0.3) is 0 Å². The number of carbonyl (C=O) groups excluding carboxylic acids is 1. The second-order valence-corrected chi connectivity index (χ2v) is 6.15. The largest absolute Gasteiger partial charge is 0.354 e. The Hall–Kier alpha value is -0.0500. The number of amides is 1. The molecule has 3 heteroatoms. The van der Waals surface area contributed by atoms with Gasteiger partial charge in [0, 0.05) is 17.8 Å². The lowest BCUT2D eigenvalue weighted by molar-refractivity contribution is -0.122. The van der Waals surface area contributed by atoms with E-state index >= 15 is 0 Å². The van der Waals surface area contributed by atoms with Crippen LogP contribution in [0, 0.1) is 5.92 Å². The summed E-state index contributed by atoms with van der Waals surface area (Å²) in [7, 11) is 0. The first-order valence-electron chi connectivity index (χ1n) is 7.07. The van der Waals surface area contributed by atoms with Crippen molar-refractivity contribution in [2.24, 2.45) is 5.92 Å². The first kappa shape index (κ1) is 15.0. The van der Waals surface area contributed by atoms with Gasteiger partial charge in [-0.2, -0.15) is 0 Å². The van der Waals surface area contributed by atoms with Gasteiger partial charge in [-0.05, 0) is 38.5 Å². The van der Waals surface area contributed by atoms with Crippen LogP contribution in [0.15, 0.2) is 0 Å². The third-order valence-electron chi connectivity index (χ3n) is 3.63. The molecule has 0 aliphatic heterocycles. The molecule has 2 nitrogen and oxygen atoms in total. The van der Waals surface area contributed by atoms with Crippen LogP contribution in [0.4, 0.5) is 0 Å². The van der Waals surface area contributed by atoms with E-state index in [1.165, 1.54) is 38.5 Å². The highest BCUT2D eigenvalue weighted by atomic mass is 79.9. The zero-order chi connectivity index (χ0) is 12.5. The zero-order valence-electron chi connectivity index (χ0n) is 11.0. The fourth-order valence-electron chi connectivity index (χ4n) is 2.62. The van der Waals surface area contributed by atoms with Gasteiger partial charge in [0.2, 0.25) is 5.91 Å². The summed E-state index contributed by atoms with van der Waals surface area (Å²) >= 11 is 3.42. The average Bonchev–Trinajstić information content (AvgIpc) is 2.54. The third kappa shape index (κ3) is 7.07. The molecule has 0 bridgehead atoms. The summed E-state index contributed by atoms with van der Waals surface area (Å²) in [6.45, 7) is 2.10. The number of carbonyl (C=O) groups is 1. The van der Waals surface area contributed by atoms with Gasteiger partial charge in [-0.25, -0.2) is 0 Å². The molecule has 1 aliphatic rings. The Labute approximate surface area is 114 Å². The lowest BCUT2D eigenvalue weighted by atomic mass is 9.96. The summed E-state index contributed by atoms with van der Waals surface area (Å²) in [5.41, 5.74) is 0. The van der Waals surface area contributed by atoms with Crippen LogP contribution < -0.4 is 5.32 Å². The minimum atomic E-state index is 0.263. The van der Waals surface area contributed by atoms with Crippen LogP contribution >= 0.6 is 15.9 Å². The Morgan fingerprint density at radius 2 is 1.94 bits per heavy atom. The summed E-state index contributed by atoms with van der Waals surface area (Å²) in [5.74, 6) is 0.903. The molecule has 0 heterocycles. The van der Waals surface area contributed by atoms with Gasteiger partial charge in [-0.3, -0.25) is 4.79 Å². The molecule has 0 radical (unpaired) electrons. The Balaban J connectivity index is 2.18. The van der Waals surface area contributed by atoms with Gasteiger partial charge < -0.3 is 5.32 Å². The number of nitrogens with one attached hydrogen (secondary N) is 1. The molecule has 0 aromatic heterocycles. The van der Waals surface area contributed by atoms with E-state index in [0.29, 0.717) is 12.0 Å². The van der Waals surface area contributed by atoms with Gasteiger partial charge in [0.05, 0.1) is 0 Å². The predicted octanol–water partition coefficient (Wildman–Crippen LogP) is 4.03. The first-order valence-corrected chi connectivity index (χ1v) is 8.20. The molecule has 1 N–H and O–H groups in total. The van der Waals surface area contributed by atoms with E-state index in [9.17, 15) is 4.79 Å². The summed E-state index contributed by atoms with van der Waals surface area (Å²) < 4.78 is 0. The van der Waals surface area contributed by atoms with Crippen molar-refractivity contribution >= 4 is 21.8 Å². The van der Waals surface area contributed by atoms with Crippen molar-refractivity contribution in [3.05, 3.63) is 0 Å². The minimum absolute atomic E-state index is 0.263. The van der Waals surface area contributed by atoms with Crippen molar-refractivity contribution in [2.45, 2.75) is 70.8 Å². The normalized spacial score (nSPS) is 19.6. The number of hydrogen-bond donors (Lipinski definition) is 1. The quantitative estimate of drug-likeness (QED) is 0.582. The van der Waals surface area contributed by atoms with Gasteiger partial charge in [0.1, 0.15) is 0 Å². The molecule has 1 amide bonds. The molecule has 0 aromatic carbocycles. The summed E-state index contributed by atoms with van der Waals surface area (Å²) in [4.78, 5) is 11.9. The molecule has 100 valence electrons. The molecular formula is C14H26BrNO. The molecule has 1 unspecified atom stereocenters. The van der Waals surface area contributed by atoms with Gasteiger partial charge in [0.15, 0.2) is 0 Å². The Morgan fingerprint density at radius 1 is 1.29 bits per heavy atom. The van der Waals surface area contributed by atoms with Gasteiger partial charge in [-0.1, -0.05) is 41.6 Å². The van der Waals surface area contributed by atoms with Crippen molar-refractivity contribution in [1.82, 2.24) is 5.32 Å². The van der Waals surface area contributed by atoms with E-state index < -0.39 is 0 Å².